The third-order valence-corrected chi connectivity index (χ3v) is 2.87. The Balaban J connectivity index is 2.52. The third-order valence-electron chi connectivity index (χ3n) is 2.87. The van der Waals surface area contributed by atoms with Gasteiger partial charge in [-0.05, 0) is 12.1 Å². The number of aromatic nitrogens is 1. The molecule has 78 valence electrons. The molecule has 0 bridgehead atoms. The van der Waals surface area contributed by atoms with Crippen molar-refractivity contribution in [2.45, 2.75) is 0 Å². The minimum absolute atomic E-state index is 0.258. The molecule has 2 heteroatoms. The Morgan fingerprint density at radius 3 is 2.69 bits per heavy atom. The maximum Gasteiger partial charge on any atom is 0.124 e. The molecular formula is C14H11NO. The van der Waals surface area contributed by atoms with Gasteiger partial charge in [0.15, 0.2) is 0 Å². The molecule has 2 N–H and O–H groups in total. The summed E-state index contributed by atoms with van der Waals surface area (Å²) in [4.78, 5) is 3.28. The Kier molecular flexibility index (Phi) is 1.77. The van der Waals surface area contributed by atoms with Crippen molar-refractivity contribution in [1.82, 2.24) is 4.98 Å². The molecule has 2 nitrogen and oxygen atoms in total. The highest BCUT2D eigenvalue weighted by molar-refractivity contribution is 6.08. The molecule has 16 heavy (non-hydrogen) atoms. The Bertz CT molecular complexity index is 694. The lowest BCUT2D eigenvalue weighted by atomic mass is 10.1. The highest BCUT2D eigenvalue weighted by Gasteiger charge is 2.06. The molecule has 0 atom stereocenters. The zero-order valence-electron chi connectivity index (χ0n) is 8.70. The molecule has 1 aromatic heterocycles. The predicted molar refractivity (Wildman–Crippen MR) is 67.6 cm³/mol. The van der Waals surface area contributed by atoms with E-state index in [2.05, 4.69) is 17.6 Å². The molecule has 0 unspecified atom stereocenters. The summed E-state index contributed by atoms with van der Waals surface area (Å²) in [5.41, 5.74) is 2.79. The lowest BCUT2D eigenvalue weighted by Crippen LogP contribution is -1.75. The van der Waals surface area contributed by atoms with Gasteiger partial charge in [0.1, 0.15) is 5.75 Å². The van der Waals surface area contributed by atoms with Crippen LogP contribution >= 0.6 is 0 Å². The molecule has 3 aromatic rings. The van der Waals surface area contributed by atoms with Gasteiger partial charge in [-0.25, -0.2) is 0 Å². The first kappa shape index (κ1) is 9.04. The quantitative estimate of drug-likeness (QED) is 0.630. The van der Waals surface area contributed by atoms with E-state index in [0.717, 1.165) is 22.0 Å². The van der Waals surface area contributed by atoms with Crippen LogP contribution in [0.1, 0.15) is 5.56 Å². The van der Waals surface area contributed by atoms with Crippen LogP contribution in [0.15, 0.2) is 43.0 Å². The molecule has 0 saturated heterocycles. The number of benzene rings is 2. The number of fused-ring (bicyclic) bond motifs is 3. The van der Waals surface area contributed by atoms with Crippen molar-refractivity contribution >= 4 is 27.9 Å². The maximum atomic E-state index is 9.74. The second-order valence-corrected chi connectivity index (χ2v) is 3.83. The van der Waals surface area contributed by atoms with E-state index in [9.17, 15) is 5.11 Å². The van der Waals surface area contributed by atoms with Gasteiger partial charge in [-0.1, -0.05) is 30.9 Å². The lowest BCUT2D eigenvalue weighted by Gasteiger charge is -1.99. The Hall–Kier alpha value is -2.22. The molecule has 0 radical (unpaired) electrons. The molecule has 0 aliphatic heterocycles. The number of hydrogen-bond donors (Lipinski definition) is 2. The summed E-state index contributed by atoms with van der Waals surface area (Å²) in [5, 5.41) is 12.0. The van der Waals surface area contributed by atoms with Crippen LogP contribution in [-0.4, -0.2) is 10.1 Å². The molecule has 0 saturated carbocycles. The van der Waals surface area contributed by atoms with Gasteiger partial charge in [0.25, 0.3) is 0 Å². The molecule has 0 amide bonds. The summed E-state index contributed by atoms with van der Waals surface area (Å²) in [6.07, 6.45) is 1.66. The minimum atomic E-state index is 0.258. The standard InChI is InChI=1S/C14H11NO/c1-2-9-7-11-10-5-3-4-6-12(10)15-13(11)8-14(9)16/h2-8,15-16H,1H2. The number of aromatic hydroxyl groups is 1. The van der Waals surface area contributed by atoms with Crippen molar-refractivity contribution in [3.8, 4) is 5.75 Å². The largest absolute Gasteiger partial charge is 0.507 e. The summed E-state index contributed by atoms with van der Waals surface area (Å²) in [5.74, 6) is 0.258. The second kappa shape index (κ2) is 3.14. The number of phenolic OH excluding ortho intramolecular Hbond substituents is 1. The SMILES string of the molecule is C=Cc1cc2c(cc1O)[nH]c1ccccc12. The van der Waals surface area contributed by atoms with Crippen LogP contribution in [0.3, 0.4) is 0 Å². The van der Waals surface area contributed by atoms with Crippen LogP contribution in [0.25, 0.3) is 27.9 Å². The fourth-order valence-electron chi connectivity index (χ4n) is 2.07. The average molecular weight is 209 g/mol. The fourth-order valence-corrected chi connectivity index (χ4v) is 2.07. The van der Waals surface area contributed by atoms with Crippen LogP contribution in [0.5, 0.6) is 5.75 Å². The third kappa shape index (κ3) is 1.13. The van der Waals surface area contributed by atoms with Crippen molar-refractivity contribution in [2.24, 2.45) is 0 Å². The Labute approximate surface area is 92.8 Å². The summed E-state index contributed by atoms with van der Waals surface area (Å²) in [6, 6.07) is 11.8. The number of hydrogen-bond acceptors (Lipinski definition) is 1. The van der Waals surface area contributed by atoms with E-state index in [0.29, 0.717) is 0 Å². The van der Waals surface area contributed by atoms with Gasteiger partial charge in [0.2, 0.25) is 0 Å². The first-order valence-electron chi connectivity index (χ1n) is 5.15. The average Bonchev–Trinajstić information content (AvgIpc) is 2.65. The van der Waals surface area contributed by atoms with E-state index in [-0.39, 0.29) is 5.75 Å². The smallest absolute Gasteiger partial charge is 0.124 e. The first-order valence-corrected chi connectivity index (χ1v) is 5.15. The number of aromatic amines is 1. The normalized spacial score (nSPS) is 11.0. The monoisotopic (exact) mass is 209 g/mol. The molecule has 2 aromatic carbocycles. The molecule has 0 spiro atoms. The zero-order chi connectivity index (χ0) is 11.1. The zero-order valence-corrected chi connectivity index (χ0v) is 8.70. The number of nitrogens with one attached hydrogen (secondary N) is 1. The first-order chi connectivity index (χ1) is 7.79. The van der Waals surface area contributed by atoms with Gasteiger partial charge >= 0.3 is 0 Å². The molecular weight excluding hydrogens is 198 g/mol. The topological polar surface area (TPSA) is 36.0 Å². The number of H-pyrrole nitrogens is 1. The van der Waals surface area contributed by atoms with Crippen molar-refractivity contribution < 1.29 is 5.11 Å². The van der Waals surface area contributed by atoms with E-state index < -0.39 is 0 Å². The van der Waals surface area contributed by atoms with Gasteiger partial charge in [-0.3, -0.25) is 0 Å². The van der Waals surface area contributed by atoms with Crippen LogP contribution in [0.2, 0.25) is 0 Å². The summed E-state index contributed by atoms with van der Waals surface area (Å²) in [6.45, 7) is 3.69. The highest BCUT2D eigenvalue weighted by atomic mass is 16.3. The summed E-state index contributed by atoms with van der Waals surface area (Å²) >= 11 is 0. The van der Waals surface area contributed by atoms with E-state index in [1.807, 2.05) is 24.3 Å². The van der Waals surface area contributed by atoms with Crippen LogP contribution in [-0.2, 0) is 0 Å². The molecule has 0 aliphatic rings. The lowest BCUT2D eigenvalue weighted by molar-refractivity contribution is 0.475. The van der Waals surface area contributed by atoms with Crippen LogP contribution in [0, 0.1) is 0 Å². The second-order valence-electron chi connectivity index (χ2n) is 3.83. The summed E-state index contributed by atoms with van der Waals surface area (Å²) in [7, 11) is 0. The predicted octanol–water partition coefficient (Wildman–Crippen LogP) is 3.67. The Morgan fingerprint density at radius 2 is 1.88 bits per heavy atom. The number of rotatable bonds is 1. The summed E-state index contributed by atoms with van der Waals surface area (Å²) < 4.78 is 0. The van der Waals surface area contributed by atoms with Crippen molar-refractivity contribution in [3.05, 3.63) is 48.5 Å². The number of phenols is 1. The molecule has 0 fully saturated rings. The van der Waals surface area contributed by atoms with Crippen molar-refractivity contribution in [1.29, 1.82) is 0 Å². The van der Waals surface area contributed by atoms with E-state index in [4.69, 9.17) is 0 Å². The van der Waals surface area contributed by atoms with Crippen LogP contribution in [0.4, 0.5) is 0 Å². The molecule has 1 heterocycles. The van der Waals surface area contributed by atoms with Crippen molar-refractivity contribution in [3.63, 3.8) is 0 Å². The minimum Gasteiger partial charge on any atom is -0.507 e. The molecule has 3 rings (SSSR count). The van der Waals surface area contributed by atoms with Gasteiger partial charge in [-0.2, -0.15) is 0 Å². The maximum absolute atomic E-state index is 9.74. The van der Waals surface area contributed by atoms with Gasteiger partial charge in [0, 0.05) is 27.9 Å². The van der Waals surface area contributed by atoms with E-state index >= 15 is 0 Å². The van der Waals surface area contributed by atoms with Crippen molar-refractivity contribution in [2.75, 3.05) is 0 Å². The fraction of sp³-hybridized carbons (Fsp3) is 0. The number of para-hydroxylation sites is 1. The van der Waals surface area contributed by atoms with Gasteiger partial charge < -0.3 is 10.1 Å². The highest BCUT2D eigenvalue weighted by Crippen LogP contribution is 2.30. The Morgan fingerprint density at radius 1 is 1.06 bits per heavy atom. The van der Waals surface area contributed by atoms with Crippen LogP contribution < -0.4 is 0 Å². The van der Waals surface area contributed by atoms with E-state index in [1.54, 1.807) is 12.1 Å². The van der Waals surface area contributed by atoms with Gasteiger partial charge in [-0.15, -0.1) is 0 Å². The molecule has 0 aliphatic carbocycles. The van der Waals surface area contributed by atoms with Gasteiger partial charge in [0.05, 0.1) is 5.52 Å². The van der Waals surface area contributed by atoms with E-state index in [1.165, 1.54) is 5.39 Å².